The van der Waals surface area contributed by atoms with Gasteiger partial charge in [-0.15, -0.1) is 0 Å². The predicted molar refractivity (Wildman–Crippen MR) is 240 cm³/mol. The highest BCUT2D eigenvalue weighted by molar-refractivity contribution is 9.10. The number of piperidine rings is 2. The number of amides is 2. The topological polar surface area (TPSA) is 97.8 Å². The zero-order chi connectivity index (χ0) is 42.8. The molecule has 2 saturated heterocycles. The van der Waals surface area contributed by atoms with Gasteiger partial charge in [0.25, 0.3) is 0 Å². The number of ether oxygens (including phenoxy) is 4. The van der Waals surface area contributed by atoms with Crippen molar-refractivity contribution in [1.82, 2.24) is 9.80 Å². The number of rotatable bonds is 9. The van der Waals surface area contributed by atoms with Crippen molar-refractivity contribution in [3.05, 3.63) is 128 Å². The largest absolute Gasteiger partial charge is 0.508 e. The van der Waals surface area contributed by atoms with Crippen LogP contribution in [-0.4, -0.2) is 84.8 Å². The lowest BCUT2D eigenvalue weighted by atomic mass is 9.68. The molecule has 59 heavy (non-hydrogen) atoms. The molecule has 0 bridgehead atoms. The van der Waals surface area contributed by atoms with Gasteiger partial charge in [-0.2, -0.15) is 0 Å². The smallest absolute Gasteiger partial charge is 0.410 e. The van der Waals surface area contributed by atoms with Crippen molar-refractivity contribution in [1.29, 1.82) is 0 Å². The summed E-state index contributed by atoms with van der Waals surface area (Å²) in [4.78, 5) is 28.7. The van der Waals surface area contributed by atoms with Gasteiger partial charge in [-0.25, -0.2) is 9.59 Å². The second-order valence-corrected chi connectivity index (χ2v) is 19.2. The number of halogens is 2. The third-order valence-electron chi connectivity index (χ3n) is 10.9. The van der Waals surface area contributed by atoms with Gasteiger partial charge in [-0.05, 0) is 138 Å². The molecule has 0 atom stereocenters. The molecule has 9 nitrogen and oxygen atoms in total. The van der Waals surface area contributed by atoms with E-state index in [4.69, 9.17) is 18.9 Å². The monoisotopic (exact) mass is 934 g/mol. The number of phenols is 1. The van der Waals surface area contributed by atoms with Crippen LogP contribution in [0.5, 0.6) is 11.5 Å². The van der Waals surface area contributed by atoms with Crippen molar-refractivity contribution in [2.24, 2.45) is 0 Å². The molecule has 1 N–H and O–H groups in total. The molecular formula is C48H60Br2N2O7. The fourth-order valence-electron chi connectivity index (χ4n) is 7.86. The molecule has 2 amide bonds. The lowest BCUT2D eigenvalue weighted by Gasteiger charge is -2.43. The molecule has 0 radical (unpaired) electrons. The minimum Gasteiger partial charge on any atom is -0.508 e. The van der Waals surface area contributed by atoms with Crippen LogP contribution in [0.3, 0.4) is 0 Å². The van der Waals surface area contributed by atoms with Crippen LogP contribution in [0.1, 0.15) is 95.9 Å². The molecule has 6 rings (SSSR count). The summed E-state index contributed by atoms with van der Waals surface area (Å²) in [7, 11) is 1.70. The van der Waals surface area contributed by atoms with Gasteiger partial charge in [-0.1, -0.05) is 80.4 Å². The first-order chi connectivity index (χ1) is 27.9. The Morgan fingerprint density at radius 2 is 0.915 bits per heavy atom. The summed E-state index contributed by atoms with van der Waals surface area (Å²) < 4.78 is 24.2. The van der Waals surface area contributed by atoms with Crippen LogP contribution < -0.4 is 4.74 Å². The van der Waals surface area contributed by atoms with E-state index in [1.54, 1.807) is 24.1 Å². The number of hydrogen-bond acceptors (Lipinski definition) is 7. The Labute approximate surface area is 367 Å². The molecule has 4 aromatic rings. The van der Waals surface area contributed by atoms with Crippen LogP contribution in [0.4, 0.5) is 9.59 Å². The van der Waals surface area contributed by atoms with E-state index in [0.717, 1.165) is 52.4 Å². The quantitative estimate of drug-likeness (QED) is 0.167. The highest BCUT2D eigenvalue weighted by Gasteiger charge is 2.41. The average molecular weight is 937 g/mol. The number of likely N-dealkylation sites (tertiary alicyclic amines) is 2. The normalized spacial score (nSPS) is 16.4. The Balaban J connectivity index is 0.000000227. The molecule has 2 heterocycles. The van der Waals surface area contributed by atoms with Crippen molar-refractivity contribution in [2.75, 3.05) is 46.5 Å². The maximum atomic E-state index is 12.6. The van der Waals surface area contributed by atoms with Gasteiger partial charge >= 0.3 is 12.2 Å². The van der Waals surface area contributed by atoms with Gasteiger partial charge in [-0.3, -0.25) is 0 Å². The fraction of sp³-hybridized carbons (Fsp3) is 0.458. The molecule has 0 unspecified atom stereocenters. The standard InChI is InChI=1S/C26H34BrNO4.C22H26BrNO3/c1-25(2,3)32-24(29)28-16-14-26(15-17-28,20-6-10-22(27)11-7-20)21-8-12-23(13-9-21)31-19-5-18-30-4;1-21(2,3)27-20(26)24-14-12-22(13-15-24,16-4-8-18(23)9-5-16)17-6-10-19(25)11-7-17/h6-13H,5,14-19H2,1-4H3;4-11,25H,12-15H2,1-3H3. The van der Waals surface area contributed by atoms with E-state index in [9.17, 15) is 14.7 Å². The molecule has 4 aromatic carbocycles. The van der Waals surface area contributed by atoms with E-state index in [1.807, 2.05) is 70.7 Å². The summed E-state index contributed by atoms with van der Waals surface area (Å²) in [6, 6.07) is 32.8. The number of aromatic hydroxyl groups is 1. The molecule has 0 aliphatic carbocycles. The summed E-state index contributed by atoms with van der Waals surface area (Å²) in [5.41, 5.74) is 3.56. The molecule has 318 valence electrons. The lowest BCUT2D eigenvalue weighted by Crippen LogP contribution is -2.47. The Bertz CT molecular complexity index is 1890. The van der Waals surface area contributed by atoms with Crippen LogP contribution in [0, 0.1) is 0 Å². The number of hydrogen-bond donors (Lipinski definition) is 1. The van der Waals surface area contributed by atoms with Crippen LogP contribution in [0.25, 0.3) is 0 Å². The molecule has 2 aliphatic heterocycles. The van der Waals surface area contributed by atoms with Crippen molar-refractivity contribution in [2.45, 2.75) is 95.7 Å². The molecule has 2 aliphatic rings. The molecule has 0 spiro atoms. The lowest BCUT2D eigenvalue weighted by molar-refractivity contribution is 0.0169. The Kier molecular flexibility index (Phi) is 15.6. The Morgan fingerprint density at radius 3 is 1.25 bits per heavy atom. The van der Waals surface area contributed by atoms with Crippen LogP contribution in [-0.2, 0) is 25.0 Å². The number of methoxy groups -OCH3 is 1. The minimum atomic E-state index is -0.492. The fourth-order valence-corrected chi connectivity index (χ4v) is 8.39. The average Bonchev–Trinajstić information content (AvgIpc) is 3.19. The minimum absolute atomic E-state index is 0.159. The highest BCUT2D eigenvalue weighted by Crippen LogP contribution is 2.44. The SMILES string of the molecule is CC(C)(C)OC(=O)N1CCC(c2ccc(O)cc2)(c2ccc(Br)cc2)CC1.COCCCOc1ccc(C2(c3ccc(Br)cc3)CCN(C(=O)OC(C)(C)C)CC2)cc1. The number of phenolic OH excluding ortho intramolecular Hbond substituents is 1. The molecular weight excluding hydrogens is 876 g/mol. The van der Waals surface area contributed by atoms with E-state index < -0.39 is 11.2 Å². The van der Waals surface area contributed by atoms with Gasteiger partial charge < -0.3 is 33.9 Å². The van der Waals surface area contributed by atoms with Crippen molar-refractivity contribution >= 4 is 44.0 Å². The molecule has 0 saturated carbocycles. The van der Waals surface area contributed by atoms with Gasteiger partial charge in [0, 0.05) is 66.1 Å². The van der Waals surface area contributed by atoms with Crippen molar-refractivity contribution in [3.8, 4) is 11.5 Å². The van der Waals surface area contributed by atoms with Gasteiger partial charge in [0.1, 0.15) is 22.7 Å². The maximum Gasteiger partial charge on any atom is 0.410 e. The zero-order valence-electron chi connectivity index (χ0n) is 35.6. The first kappa shape index (κ1) is 46.0. The second kappa shape index (κ2) is 20.0. The summed E-state index contributed by atoms with van der Waals surface area (Å²) in [6.07, 6.45) is 3.65. The van der Waals surface area contributed by atoms with Crippen molar-refractivity contribution < 1.29 is 33.6 Å². The third-order valence-corrected chi connectivity index (χ3v) is 12.0. The van der Waals surface area contributed by atoms with E-state index in [0.29, 0.717) is 39.4 Å². The number of carbonyl (C=O) groups is 2. The number of nitrogens with zero attached hydrogens (tertiary/aromatic N) is 2. The van der Waals surface area contributed by atoms with Crippen molar-refractivity contribution in [3.63, 3.8) is 0 Å². The predicted octanol–water partition coefficient (Wildman–Crippen LogP) is 11.7. The molecule has 2 fully saturated rings. The summed E-state index contributed by atoms with van der Waals surface area (Å²) >= 11 is 7.06. The Morgan fingerprint density at radius 1 is 0.576 bits per heavy atom. The van der Waals surface area contributed by atoms with Crippen LogP contribution in [0.15, 0.2) is 106 Å². The summed E-state index contributed by atoms with van der Waals surface area (Å²) in [6.45, 7) is 15.3. The number of benzene rings is 4. The highest BCUT2D eigenvalue weighted by atomic mass is 79.9. The Hall–Kier alpha value is -4.06. The zero-order valence-corrected chi connectivity index (χ0v) is 38.7. The summed E-state index contributed by atoms with van der Waals surface area (Å²) in [5.74, 6) is 1.12. The maximum absolute atomic E-state index is 12.6. The van der Waals surface area contributed by atoms with E-state index in [-0.39, 0.29) is 28.8 Å². The first-order valence-corrected chi connectivity index (χ1v) is 22.0. The van der Waals surface area contributed by atoms with Crippen LogP contribution >= 0.6 is 31.9 Å². The molecule has 0 aromatic heterocycles. The molecule has 11 heteroatoms. The van der Waals surface area contributed by atoms with Crippen LogP contribution in [0.2, 0.25) is 0 Å². The van der Waals surface area contributed by atoms with Gasteiger partial charge in [0.15, 0.2) is 0 Å². The third kappa shape index (κ3) is 12.5. The number of carbonyl (C=O) groups excluding carboxylic acids is 2. The van der Waals surface area contributed by atoms with Gasteiger partial charge in [0.2, 0.25) is 0 Å². The van der Waals surface area contributed by atoms with Gasteiger partial charge in [0.05, 0.1) is 6.61 Å². The second-order valence-electron chi connectivity index (χ2n) is 17.4. The van der Waals surface area contributed by atoms with E-state index in [2.05, 4.69) is 92.5 Å². The van der Waals surface area contributed by atoms with E-state index in [1.165, 1.54) is 16.7 Å². The van der Waals surface area contributed by atoms with E-state index >= 15 is 0 Å². The summed E-state index contributed by atoms with van der Waals surface area (Å²) in [5, 5.41) is 9.69. The first-order valence-electron chi connectivity index (χ1n) is 20.4.